The summed E-state index contributed by atoms with van der Waals surface area (Å²) in [5, 5.41) is 0. The maximum absolute atomic E-state index is 13.9. The minimum atomic E-state index is -0.399. The van der Waals surface area contributed by atoms with E-state index in [-0.39, 0.29) is 5.91 Å². The lowest BCUT2D eigenvalue weighted by Gasteiger charge is -2.24. The molecule has 4 rings (SSSR count). The fourth-order valence-electron chi connectivity index (χ4n) is 4.02. The van der Waals surface area contributed by atoms with E-state index in [1.54, 1.807) is 11.0 Å². The van der Waals surface area contributed by atoms with Gasteiger partial charge in [0.25, 0.3) is 5.91 Å². The van der Waals surface area contributed by atoms with Crippen LogP contribution in [-0.4, -0.2) is 26.9 Å². The van der Waals surface area contributed by atoms with E-state index >= 15 is 0 Å². The van der Waals surface area contributed by atoms with Crippen molar-refractivity contribution < 1.29 is 9.18 Å². The number of aryl methyl sites for hydroxylation is 1. The second-order valence-electron chi connectivity index (χ2n) is 8.08. The van der Waals surface area contributed by atoms with Gasteiger partial charge >= 0.3 is 0 Å². The van der Waals surface area contributed by atoms with E-state index in [1.807, 2.05) is 61.5 Å². The number of carbonyl (C=O) groups is 1. The van der Waals surface area contributed by atoms with E-state index in [0.29, 0.717) is 18.7 Å². The number of halogens is 1. The number of imidazole rings is 1. The number of amides is 1. The van der Waals surface area contributed by atoms with Gasteiger partial charge in [0.1, 0.15) is 11.6 Å². The molecule has 1 heterocycles. The van der Waals surface area contributed by atoms with E-state index in [9.17, 15) is 9.18 Å². The van der Waals surface area contributed by atoms with Crippen molar-refractivity contribution in [3.8, 4) is 5.69 Å². The largest absolute Gasteiger partial charge is 0.331 e. The molecule has 0 radical (unpaired) electrons. The quantitative estimate of drug-likeness (QED) is 0.308. The third kappa shape index (κ3) is 4.57. The second-order valence-corrected chi connectivity index (χ2v) is 8.08. The number of rotatable bonds is 8. The average molecular weight is 430 g/mol. The smallest absolute Gasteiger partial charge is 0.254 e. The van der Waals surface area contributed by atoms with Gasteiger partial charge in [0.2, 0.25) is 0 Å². The van der Waals surface area contributed by atoms with Crippen molar-refractivity contribution in [1.29, 1.82) is 0 Å². The number of fused-ring (bicyclic) bond motifs is 1. The monoisotopic (exact) mass is 429 g/mol. The Kier molecular flexibility index (Phi) is 6.64. The molecular formula is C27H28FN3O. The highest BCUT2D eigenvalue weighted by molar-refractivity contribution is 5.95. The number of aromatic nitrogens is 2. The Labute approximate surface area is 188 Å². The highest BCUT2D eigenvalue weighted by atomic mass is 19.1. The minimum absolute atomic E-state index is 0.162. The first-order chi connectivity index (χ1) is 15.6. The molecule has 0 N–H and O–H groups in total. The predicted molar refractivity (Wildman–Crippen MR) is 126 cm³/mol. The summed E-state index contributed by atoms with van der Waals surface area (Å²) in [7, 11) is 0. The zero-order valence-corrected chi connectivity index (χ0v) is 18.6. The third-order valence-corrected chi connectivity index (χ3v) is 5.73. The summed E-state index contributed by atoms with van der Waals surface area (Å²) in [6.07, 6.45) is 2.98. The molecule has 3 aromatic carbocycles. The second kappa shape index (κ2) is 9.77. The van der Waals surface area contributed by atoms with Gasteiger partial charge in [-0.05, 0) is 55.3 Å². The Morgan fingerprint density at radius 2 is 1.75 bits per heavy atom. The average Bonchev–Trinajstić information content (AvgIpc) is 3.18. The van der Waals surface area contributed by atoms with Gasteiger partial charge in [0, 0.05) is 17.8 Å². The van der Waals surface area contributed by atoms with Crippen LogP contribution in [0, 0.1) is 12.7 Å². The lowest BCUT2D eigenvalue weighted by Crippen LogP contribution is -2.33. The van der Waals surface area contributed by atoms with Gasteiger partial charge in [-0.3, -0.25) is 9.36 Å². The number of carbonyl (C=O) groups excluding carboxylic acids is 1. The number of nitrogens with zero attached hydrogens (tertiary/aromatic N) is 3. The molecule has 0 saturated carbocycles. The first-order valence-corrected chi connectivity index (χ1v) is 11.2. The maximum Gasteiger partial charge on any atom is 0.254 e. The van der Waals surface area contributed by atoms with Crippen molar-refractivity contribution in [2.45, 2.75) is 39.7 Å². The van der Waals surface area contributed by atoms with Gasteiger partial charge < -0.3 is 4.90 Å². The molecule has 1 aromatic heterocycles. The van der Waals surface area contributed by atoms with Crippen LogP contribution in [0.4, 0.5) is 4.39 Å². The van der Waals surface area contributed by atoms with Crippen LogP contribution in [0.25, 0.3) is 16.7 Å². The molecule has 4 aromatic rings. The van der Waals surface area contributed by atoms with Crippen LogP contribution < -0.4 is 0 Å². The first kappa shape index (κ1) is 21.8. The van der Waals surface area contributed by atoms with Gasteiger partial charge in [-0.15, -0.1) is 0 Å². The summed E-state index contributed by atoms with van der Waals surface area (Å²) in [5.41, 5.74) is 4.06. The van der Waals surface area contributed by atoms with Crippen LogP contribution >= 0.6 is 0 Å². The lowest BCUT2D eigenvalue weighted by molar-refractivity contribution is 0.0734. The number of hydrogen-bond donors (Lipinski definition) is 0. The van der Waals surface area contributed by atoms with E-state index in [2.05, 4.69) is 11.5 Å². The SMILES string of the molecule is CCCCCN(Cc1nc2ccccc2n1-c1ccccc1)C(=O)c1cc(F)ccc1C. The van der Waals surface area contributed by atoms with Gasteiger partial charge in [-0.1, -0.05) is 56.2 Å². The Balaban J connectivity index is 1.75. The highest BCUT2D eigenvalue weighted by Crippen LogP contribution is 2.24. The molecule has 0 saturated heterocycles. The summed E-state index contributed by atoms with van der Waals surface area (Å²) in [6, 6.07) is 22.4. The molecule has 0 aliphatic heterocycles. The minimum Gasteiger partial charge on any atom is -0.331 e. The number of unbranched alkanes of at least 4 members (excludes halogenated alkanes) is 2. The van der Waals surface area contributed by atoms with Crippen molar-refractivity contribution in [2.24, 2.45) is 0 Å². The van der Waals surface area contributed by atoms with Crippen molar-refractivity contribution in [3.05, 3.63) is 95.6 Å². The highest BCUT2D eigenvalue weighted by Gasteiger charge is 2.22. The Morgan fingerprint density at radius 1 is 1.00 bits per heavy atom. The molecule has 32 heavy (non-hydrogen) atoms. The van der Waals surface area contributed by atoms with Crippen molar-refractivity contribution in [2.75, 3.05) is 6.54 Å². The van der Waals surface area contributed by atoms with Crippen molar-refractivity contribution in [1.82, 2.24) is 14.5 Å². The van der Waals surface area contributed by atoms with E-state index < -0.39 is 5.82 Å². The summed E-state index contributed by atoms with van der Waals surface area (Å²) in [6.45, 7) is 4.93. The van der Waals surface area contributed by atoms with E-state index in [4.69, 9.17) is 4.98 Å². The van der Waals surface area contributed by atoms with E-state index in [1.165, 1.54) is 12.1 Å². The molecule has 0 unspecified atom stereocenters. The molecule has 0 aliphatic rings. The van der Waals surface area contributed by atoms with Crippen LogP contribution in [0.15, 0.2) is 72.8 Å². The number of hydrogen-bond acceptors (Lipinski definition) is 2. The molecule has 0 aliphatic carbocycles. The molecule has 0 bridgehead atoms. The molecule has 164 valence electrons. The maximum atomic E-state index is 13.9. The molecular weight excluding hydrogens is 401 g/mol. The standard InChI is InChI=1S/C27H28FN3O/c1-3-4-10-17-30(27(32)23-18-21(28)16-15-20(23)2)19-26-29-24-13-8-9-14-25(24)31(26)22-11-6-5-7-12-22/h5-9,11-16,18H,3-4,10,17,19H2,1-2H3. The van der Waals surface area contributed by atoms with Crippen molar-refractivity contribution >= 4 is 16.9 Å². The van der Waals surface area contributed by atoms with Gasteiger partial charge in [-0.2, -0.15) is 0 Å². The molecule has 0 spiro atoms. The third-order valence-electron chi connectivity index (χ3n) is 5.73. The molecule has 5 heteroatoms. The molecule has 0 fully saturated rings. The molecule has 4 nitrogen and oxygen atoms in total. The Morgan fingerprint density at radius 3 is 2.53 bits per heavy atom. The predicted octanol–water partition coefficient (Wildman–Crippen LogP) is 6.31. The Hall–Kier alpha value is -3.47. The summed E-state index contributed by atoms with van der Waals surface area (Å²) in [5.74, 6) is 0.227. The topological polar surface area (TPSA) is 38.1 Å². The lowest BCUT2D eigenvalue weighted by atomic mass is 10.1. The van der Waals surface area contributed by atoms with Crippen LogP contribution in [0.2, 0.25) is 0 Å². The fourth-order valence-corrected chi connectivity index (χ4v) is 4.02. The number of para-hydroxylation sites is 3. The van der Waals surface area contributed by atoms with Crippen LogP contribution in [0.1, 0.15) is 47.9 Å². The first-order valence-electron chi connectivity index (χ1n) is 11.2. The summed E-state index contributed by atoms with van der Waals surface area (Å²) >= 11 is 0. The van der Waals surface area contributed by atoms with Crippen molar-refractivity contribution in [3.63, 3.8) is 0 Å². The van der Waals surface area contributed by atoms with Gasteiger partial charge in [0.15, 0.2) is 0 Å². The zero-order valence-electron chi connectivity index (χ0n) is 18.6. The number of benzene rings is 3. The van der Waals surface area contributed by atoms with E-state index in [0.717, 1.165) is 47.4 Å². The van der Waals surface area contributed by atoms with Gasteiger partial charge in [0.05, 0.1) is 17.6 Å². The summed E-state index contributed by atoms with van der Waals surface area (Å²) in [4.78, 5) is 20.2. The van der Waals surface area contributed by atoms with Crippen LogP contribution in [0.3, 0.4) is 0 Å². The normalized spacial score (nSPS) is 11.1. The molecule has 0 atom stereocenters. The van der Waals surface area contributed by atoms with Crippen LogP contribution in [0.5, 0.6) is 0 Å². The fraction of sp³-hybridized carbons (Fsp3) is 0.259. The van der Waals surface area contributed by atoms with Crippen LogP contribution in [-0.2, 0) is 6.54 Å². The van der Waals surface area contributed by atoms with Gasteiger partial charge in [-0.25, -0.2) is 9.37 Å². The summed E-state index contributed by atoms with van der Waals surface area (Å²) < 4.78 is 16.0. The molecule has 1 amide bonds. The zero-order chi connectivity index (χ0) is 22.5. The Bertz CT molecular complexity index is 1220.